The number of amides is 1. The average molecular weight is 288 g/mol. The first-order valence-electron chi connectivity index (χ1n) is 5.71. The molecule has 6 nitrogen and oxygen atoms in total. The van der Waals surface area contributed by atoms with Crippen molar-refractivity contribution >= 4 is 29.4 Å². The molecule has 2 rings (SSSR count). The molecule has 18 heavy (non-hydrogen) atoms. The Kier molecular flexibility index (Phi) is 4.90. The Morgan fingerprint density at radius 1 is 1.56 bits per heavy atom. The lowest BCUT2D eigenvalue weighted by Crippen LogP contribution is -2.28. The van der Waals surface area contributed by atoms with E-state index in [2.05, 4.69) is 22.4 Å². The highest BCUT2D eigenvalue weighted by Gasteiger charge is 2.28. The fourth-order valence-corrected chi connectivity index (χ4v) is 4.34. The molecule has 3 N–H and O–H groups in total. The minimum absolute atomic E-state index is 0.113. The molecule has 0 bridgehead atoms. The summed E-state index contributed by atoms with van der Waals surface area (Å²) in [7, 11) is 0. The van der Waals surface area contributed by atoms with Gasteiger partial charge in [0, 0.05) is 16.8 Å². The maximum absolute atomic E-state index is 10.6. The minimum Gasteiger partial charge on any atom is -0.369 e. The third kappa shape index (κ3) is 3.63. The van der Waals surface area contributed by atoms with E-state index in [1.54, 1.807) is 0 Å². The van der Waals surface area contributed by atoms with Gasteiger partial charge in [0.15, 0.2) is 5.82 Å². The van der Waals surface area contributed by atoms with Crippen LogP contribution in [0.15, 0.2) is 4.52 Å². The van der Waals surface area contributed by atoms with Crippen LogP contribution >= 0.6 is 23.5 Å². The highest BCUT2D eigenvalue weighted by atomic mass is 32.2. The Hall–Kier alpha value is -0.730. The summed E-state index contributed by atoms with van der Waals surface area (Å²) in [6, 6.07) is 0. The van der Waals surface area contributed by atoms with E-state index in [1.807, 2.05) is 23.5 Å². The number of hydrogen-bond acceptors (Lipinski definition) is 7. The standard InChI is InChI=1S/C10H16N4O2S2/c1-6-9(18-3-2-17-6)10-13-8(16-14-10)5-12-4-7(11)15/h6,9,12H,2-5H2,1H3,(H2,11,15). The van der Waals surface area contributed by atoms with Crippen LogP contribution in [0.2, 0.25) is 0 Å². The Morgan fingerprint density at radius 2 is 2.33 bits per heavy atom. The number of nitrogens with zero attached hydrogens (tertiary/aromatic N) is 2. The van der Waals surface area contributed by atoms with Crippen molar-refractivity contribution in [2.75, 3.05) is 18.1 Å². The van der Waals surface area contributed by atoms with Crippen LogP contribution in [0, 0.1) is 0 Å². The second-order valence-electron chi connectivity index (χ2n) is 3.98. The van der Waals surface area contributed by atoms with Gasteiger partial charge in [-0.1, -0.05) is 12.1 Å². The lowest BCUT2D eigenvalue weighted by Gasteiger charge is -2.24. The van der Waals surface area contributed by atoms with E-state index in [1.165, 1.54) is 5.75 Å². The maximum atomic E-state index is 10.6. The highest BCUT2D eigenvalue weighted by molar-refractivity contribution is 8.06. The molecule has 0 aliphatic carbocycles. The van der Waals surface area contributed by atoms with Crippen molar-refractivity contribution in [3.8, 4) is 0 Å². The van der Waals surface area contributed by atoms with Gasteiger partial charge < -0.3 is 10.3 Å². The van der Waals surface area contributed by atoms with Gasteiger partial charge in [-0.25, -0.2) is 0 Å². The van der Waals surface area contributed by atoms with E-state index >= 15 is 0 Å². The van der Waals surface area contributed by atoms with Crippen LogP contribution in [-0.4, -0.2) is 39.3 Å². The van der Waals surface area contributed by atoms with E-state index in [4.69, 9.17) is 10.3 Å². The van der Waals surface area contributed by atoms with Crippen LogP contribution in [-0.2, 0) is 11.3 Å². The zero-order chi connectivity index (χ0) is 13.0. The maximum Gasteiger partial charge on any atom is 0.240 e. The number of hydrogen-bond donors (Lipinski definition) is 2. The first kappa shape index (κ1) is 13.7. The van der Waals surface area contributed by atoms with Crippen molar-refractivity contribution in [1.29, 1.82) is 0 Å². The number of rotatable bonds is 5. The second kappa shape index (κ2) is 6.44. The average Bonchev–Trinajstić information content (AvgIpc) is 2.78. The Labute approximate surface area is 114 Å². The zero-order valence-electron chi connectivity index (χ0n) is 10.1. The molecule has 2 atom stereocenters. The molecule has 0 saturated carbocycles. The van der Waals surface area contributed by atoms with Crippen molar-refractivity contribution in [2.45, 2.75) is 24.0 Å². The summed E-state index contributed by atoms with van der Waals surface area (Å²) >= 11 is 3.80. The van der Waals surface area contributed by atoms with Crippen LogP contribution in [0.4, 0.5) is 0 Å². The summed E-state index contributed by atoms with van der Waals surface area (Å²) < 4.78 is 5.15. The van der Waals surface area contributed by atoms with Gasteiger partial charge in [0.2, 0.25) is 11.8 Å². The molecule has 1 aromatic rings. The van der Waals surface area contributed by atoms with E-state index in [0.717, 1.165) is 11.6 Å². The molecule has 2 heterocycles. The predicted molar refractivity (Wildman–Crippen MR) is 72.3 cm³/mol. The number of thioether (sulfide) groups is 2. The summed E-state index contributed by atoms with van der Waals surface area (Å²) in [5.74, 6) is 3.13. The van der Waals surface area contributed by atoms with Crippen LogP contribution in [0.25, 0.3) is 0 Å². The molecule has 1 amide bonds. The third-order valence-corrected chi connectivity index (χ3v) is 5.59. The second-order valence-corrected chi connectivity index (χ2v) is 6.72. The van der Waals surface area contributed by atoms with Crippen molar-refractivity contribution in [3.63, 3.8) is 0 Å². The molecular weight excluding hydrogens is 272 g/mol. The van der Waals surface area contributed by atoms with Gasteiger partial charge in [-0.05, 0) is 0 Å². The van der Waals surface area contributed by atoms with Crippen LogP contribution < -0.4 is 11.1 Å². The molecule has 1 fully saturated rings. The normalized spacial score (nSPS) is 24.1. The molecule has 0 radical (unpaired) electrons. The van der Waals surface area contributed by atoms with Crippen LogP contribution in [0.5, 0.6) is 0 Å². The van der Waals surface area contributed by atoms with Crippen LogP contribution in [0.3, 0.4) is 0 Å². The number of primary amides is 1. The van der Waals surface area contributed by atoms with Crippen molar-refractivity contribution in [1.82, 2.24) is 15.5 Å². The van der Waals surface area contributed by atoms with Gasteiger partial charge in [0.1, 0.15) is 0 Å². The summed E-state index contributed by atoms with van der Waals surface area (Å²) in [6.07, 6.45) is 0. The summed E-state index contributed by atoms with van der Waals surface area (Å²) in [6.45, 7) is 2.67. The Morgan fingerprint density at radius 3 is 3.06 bits per heavy atom. The number of carbonyl (C=O) groups is 1. The Bertz CT molecular complexity index is 412. The lowest BCUT2D eigenvalue weighted by molar-refractivity contribution is -0.117. The quantitative estimate of drug-likeness (QED) is 0.817. The summed E-state index contributed by atoms with van der Waals surface area (Å²) in [4.78, 5) is 14.9. The highest BCUT2D eigenvalue weighted by Crippen LogP contribution is 2.40. The monoisotopic (exact) mass is 288 g/mol. The van der Waals surface area contributed by atoms with E-state index in [9.17, 15) is 4.79 Å². The van der Waals surface area contributed by atoms with Gasteiger partial charge in [0.25, 0.3) is 0 Å². The molecule has 1 aromatic heterocycles. The van der Waals surface area contributed by atoms with E-state index in [-0.39, 0.29) is 11.8 Å². The molecule has 2 unspecified atom stereocenters. The first-order chi connectivity index (χ1) is 8.66. The molecular formula is C10H16N4O2S2. The predicted octanol–water partition coefficient (Wildman–Crippen LogP) is 0.554. The molecule has 8 heteroatoms. The molecule has 100 valence electrons. The number of nitrogens with one attached hydrogen (secondary N) is 1. The van der Waals surface area contributed by atoms with Crippen molar-refractivity contribution in [3.05, 3.63) is 11.7 Å². The van der Waals surface area contributed by atoms with Gasteiger partial charge in [-0.2, -0.15) is 16.7 Å². The van der Waals surface area contributed by atoms with Crippen molar-refractivity contribution < 1.29 is 9.32 Å². The molecule has 1 aliphatic rings. The number of nitrogens with two attached hydrogens (primary N) is 1. The largest absolute Gasteiger partial charge is 0.369 e. The number of carbonyl (C=O) groups excluding carboxylic acids is 1. The molecule has 0 spiro atoms. The van der Waals surface area contributed by atoms with E-state index in [0.29, 0.717) is 17.7 Å². The minimum atomic E-state index is -0.400. The SMILES string of the molecule is CC1SCCSC1c1noc(CNCC(N)=O)n1. The van der Waals surface area contributed by atoms with Gasteiger partial charge in [-0.3, -0.25) is 10.1 Å². The van der Waals surface area contributed by atoms with Gasteiger partial charge >= 0.3 is 0 Å². The summed E-state index contributed by atoms with van der Waals surface area (Å²) in [5.41, 5.74) is 5.02. The first-order valence-corrected chi connectivity index (χ1v) is 7.81. The lowest BCUT2D eigenvalue weighted by atomic mass is 10.3. The van der Waals surface area contributed by atoms with Gasteiger partial charge in [-0.15, -0.1) is 11.8 Å². The van der Waals surface area contributed by atoms with Gasteiger partial charge in [0.05, 0.1) is 18.3 Å². The molecule has 1 saturated heterocycles. The van der Waals surface area contributed by atoms with Crippen LogP contribution in [0.1, 0.15) is 23.9 Å². The molecule has 1 aliphatic heterocycles. The zero-order valence-corrected chi connectivity index (χ0v) is 11.7. The third-order valence-electron chi connectivity index (χ3n) is 2.50. The van der Waals surface area contributed by atoms with E-state index < -0.39 is 5.91 Å². The van der Waals surface area contributed by atoms with Crippen molar-refractivity contribution in [2.24, 2.45) is 5.73 Å². The smallest absolute Gasteiger partial charge is 0.240 e. The topological polar surface area (TPSA) is 94.0 Å². The fourth-order valence-electron chi connectivity index (χ4n) is 1.66. The summed E-state index contributed by atoms with van der Waals surface area (Å²) in [5, 5.41) is 7.64. The number of aromatic nitrogens is 2. The molecule has 0 aromatic carbocycles. The fraction of sp³-hybridized carbons (Fsp3) is 0.700. The Balaban J connectivity index is 1.90.